The molecule has 52 heavy (non-hydrogen) atoms. The zero-order valence-electron chi connectivity index (χ0n) is 29.6. The molecule has 4 unspecified atom stereocenters. The second kappa shape index (κ2) is 14.2. The van der Waals surface area contributed by atoms with Crippen LogP contribution in [0.2, 0.25) is 5.02 Å². The number of carbonyl (C=O) groups is 1. The summed E-state index contributed by atoms with van der Waals surface area (Å²) in [5.41, 5.74) is 0.772. The number of morpholine rings is 1. The van der Waals surface area contributed by atoms with Crippen LogP contribution in [0.5, 0.6) is 6.01 Å². The van der Waals surface area contributed by atoms with Crippen molar-refractivity contribution in [1.82, 2.24) is 19.8 Å². The van der Waals surface area contributed by atoms with Crippen molar-refractivity contribution < 1.29 is 27.6 Å². The van der Waals surface area contributed by atoms with E-state index in [4.69, 9.17) is 30.8 Å². The quantitative estimate of drug-likeness (QED) is 0.142. The predicted molar refractivity (Wildman–Crippen MR) is 202 cm³/mol. The highest BCUT2D eigenvalue weighted by Crippen LogP contribution is 2.43. The van der Waals surface area contributed by atoms with Gasteiger partial charge in [-0.1, -0.05) is 35.9 Å². The van der Waals surface area contributed by atoms with Crippen LogP contribution in [0.3, 0.4) is 0 Å². The lowest BCUT2D eigenvalue weighted by molar-refractivity contribution is -0.0161. The van der Waals surface area contributed by atoms with E-state index >= 15 is 4.39 Å². The number of nitrogens with one attached hydrogen (secondary N) is 1. The Morgan fingerprint density at radius 2 is 1.73 bits per heavy atom. The minimum Gasteiger partial charge on any atom is -0.463 e. The van der Waals surface area contributed by atoms with Gasteiger partial charge in [-0.05, 0) is 87.4 Å². The third-order valence-electron chi connectivity index (χ3n) is 10.7. The van der Waals surface area contributed by atoms with Gasteiger partial charge >= 0.3 is 12.1 Å². The molecule has 0 spiro atoms. The number of thiol groups is 1. The largest absolute Gasteiger partial charge is 0.463 e. The first-order valence-corrected chi connectivity index (χ1v) is 19.3. The van der Waals surface area contributed by atoms with Crippen LogP contribution in [0.1, 0.15) is 52.9 Å². The first kappa shape index (κ1) is 35.3. The third-order valence-corrected chi connectivity index (χ3v) is 11.4. The van der Waals surface area contributed by atoms with Crippen LogP contribution >= 0.6 is 11.6 Å². The van der Waals surface area contributed by atoms with Gasteiger partial charge in [-0.2, -0.15) is 9.97 Å². The Kier molecular flexibility index (Phi) is 9.64. The zero-order valence-corrected chi connectivity index (χ0v) is 31.3. The van der Waals surface area contributed by atoms with Gasteiger partial charge in [0.2, 0.25) is 0 Å². The first-order valence-electron chi connectivity index (χ1n) is 18.1. The average Bonchev–Trinajstić information content (AvgIpc) is 3.49. The maximum atomic E-state index is 17.2. The zero-order chi connectivity index (χ0) is 36.1. The molecule has 4 bridgehead atoms. The van der Waals surface area contributed by atoms with Crippen molar-refractivity contribution in [3.05, 3.63) is 53.3 Å². The lowest BCUT2D eigenvalue weighted by Gasteiger charge is -2.42. The second-order valence-electron chi connectivity index (χ2n) is 15.3. The van der Waals surface area contributed by atoms with Crippen molar-refractivity contribution >= 4 is 62.7 Å². The number of benzene rings is 3. The van der Waals surface area contributed by atoms with Crippen molar-refractivity contribution in [3.63, 3.8) is 0 Å². The molecule has 3 aromatic carbocycles. The van der Waals surface area contributed by atoms with Crippen LogP contribution in [0.4, 0.5) is 20.7 Å². The van der Waals surface area contributed by atoms with Crippen molar-refractivity contribution in [2.45, 2.75) is 82.6 Å². The van der Waals surface area contributed by atoms with Gasteiger partial charge in [-0.3, -0.25) is 9.80 Å². The fourth-order valence-corrected chi connectivity index (χ4v) is 9.05. The van der Waals surface area contributed by atoms with Crippen LogP contribution < -0.4 is 14.4 Å². The van der Waals surface area contributed by atoms with Gasteiger partial charge in [0.25, 0.3) is 0 Å². The molecule has 1 aromatic heterocycles. The molecule has 276 valence electrons. The van der Waals surface area contributed by atoms with E-state index in [0.717, 1.165) is 62.6 Å². The molecule has 4 aliphatic rings. The summed E-state index contributed by atoms with van der Waals surface area (Å²) in [5.74, 6) is -0.0806. The lowest BCUT2D eigenvalue weighted by Crippen LogP contribution is -2.57. The van der Waals surface area contributed by atoms with E-state index in [1.165, 1.54) is 0 Å². The molecule has 4 aliphatic heterocycles. The Balaban J connectivity index is 1.16. The molecule has 0 aliphatic carbocycles. The molecule has 4 aromatic rings. The lowest BCUT2D eigenvalue weighted by atomic mass is 9.95. The smallest absolute Gasteiger partial charge is 0.410 e. The molecule has 14 heteroatoms. The number of halogens is 2. The predicted octanol–water partition coefficient (Wildman–Crippen LogP) is 6.73. The van der Waals surface area contributed by atoms with Crippen molar-refractivity contribution in [2.75, 3.05) is 49.1 Å². The van der Waals surface area contributed by atoms with Gasteiger partial charge < -0.3 is 23.8 Å². The summed E-state index contributed by atoms with van der Waals surface area (Å²) in [7, 11) is 0. The number of aromatic nitrogens is 2. The molecule has 1 amide bonds. The fourth-order valence-electron chi connectivity index (χ4n) is 8.52. The van der Waals surface area contributed by atoms with Crippen LogP contribution in [-0.2, 0) is 21.3 Å². The average molecular weight is 751 g/mol. The molecule has 11 nitrogen and oxygen atoms in total. The van der Waals surface area contributed by atoms with Gasteiger partial charge in [0, 0.05) is 48.4 Å². The van der Waals surface area contributed by atoms with Gasteiger partial charge in [0.05, 0.1) is 36.9 Å². The summed E-state index contributed by atoms with van der Waals surface area (Å²) in [6, 6.07) is 13.7. The molecule has 4 atom stereocenters. The summed E-state index contributed by atoms with van der Waals surface area (Å²) in [6.07, 6.45) is 4.42. The van der Waals surface area contributed by atoms with E-state index in [9.17, 15) is 9.00 Å². The Labute approximate surface area is 311 Å². The number of amides is 1. The standard InChI is InChI=1S/C38H44ClFN6O5S/c1-38(2,3)51-37(47)46-24-9-10-25(46)19-44(18-24)35-30-17-31(39)32(29-16-23(43-52-48)15-22-7-4-5-8-28(22)29)33(40)34(30)41-36(42-35)50-14-6-13-45-26-11-12-27(45)21-49-20-26/h4-5,7-8,15-17,24-27,52H,6,9-14,18-21H2,1-3H3,(H,43,48). The van der Waals surface area contributed by atoms with E-state index < -0.39 is 11.4 Å². The van der Waals surface area contributed by atoms with Crippen LogP contribution in [-0.4, -0.2) is 99.3 Å². The molecule has 5 heterocycles. The number of anilines is 2. The third kappa shape index (κ3) is 6.76. The van der Waals surface area contributed by atoms with E-state index in [-0.39, 0.29) is 52.1 Å². The molecule has 1 N–H and O–H groups in total. The van der Waals surface area contributed by atoms with Crippen LogP contribution in [0.25, 0.3) is 32.8 Å². The molecule has 8 rings (SSSR count). The highest BCUT2D eigenvalue weighted by Gasteiger charge is 2.45. The number of carbonyl (C=O) groups excluding carboxylic acids is 1. The van der Waals surface area contributed by atoms with Gasteiger partial charge in [0.1, 0.15) is 28.8 Å². The van der Waals surface area contributed by atoms with Crippen molar-refractivity contribution in [3.8, 4) is 17.1 Å². The van der Waals surface area contributed by atoms with E-state index in [1.54, 1.807) is 12.1 Å². The normalized spacial score (nSPS) is 23.1. The Bertz CT molecular complexity index is 2000. The Hall–Kier alpha value is -3.78. The Morgan fingerprint density at radius 1 is 1.02 bits per heavy atom. The second-order valence-corrected chi connectivity index (χ2v) is 16.1. The number of fused-ring (bicyclic) bond motifs is 6. The molecule has 0 radical (unpaired) electrons. The van der Waals surface area contributed by atoms with Crippen LogP contribution in [0, 0.1) is 5.82 Å². The molecule has 0 saturated carbocycles. The SMILES string of the molecule is CC(C)(C)OC(=O)N1C2CCC1CN(c1nc(OCCCN3C4CCC3COC4)nc3c(F)c(-c4cc(N[SH]=O)cc5ccccc45)c(Cl)cc13)C2. The van der Waals surface area contributed by atoms with E-state index in [2.05, 4.69) is 19.5 Å². The summed E-state index contributed by atoms with van der Waals surface area (Å²) in [4.78, 5) is 29.3. The molecular formula is C38H44ClFN6O5S. The summed E-state index contributed by atoms with van der Waals surface area (Å²) < 4.78 is 49.2. The maximum Gasteiger partial charge on any atom is 0.410 e. The number of hydrogen-bond donors (Lipinski definition) is 2. The number of rotatable bonds is 9. The van der Waals surface area contributed by atoms with Crippen molar-refractivity contribution in [1.29, 1.82) is 0 Å². The number of hydrogen-bond acceptors (Lipinski definition) is 9. The minimum atomic E-state index is -0.606. The van der Waals surface area contributed by atoms with Gasteiger partial charge in [0.15, 0.2) is 5.82 Å². The van der Waals surface area contributed by atoms with Crippen molar-refractivity contribution in [2.24, 2.45) is 0 Å². The number of nitrogens with zero attached hydrogens (tertiary/aromatic N) is 5. The van der Waals surface area contributed by atoms with Crippen LogP contribution in [0.15, 0.2) is 42.5 Å². The summed E-state index contributed by atoms with van der Waals surface area (Å²) in [5, 5.41) is 2.28. The monoisotopic (exact) mass is 750 g/mol. The fraction of sp³-hybridized carbons (Fsp3) is 0.500. The Morgan fingerprint density at radius 3 is 2.44 bits per heavy atom. The number of ether oxygens (including phenoxy) is 3. The molecular weight excluding hydrogens is 707 g/mol. The van der Waals surface area contributed by atoms with E-state index in [1.807, 2.05) is 56.0 Å². The minimum absolute atomic E-state index is 0.0895. The molecule has 4 fully saturated rings. The van der Waals surface area contributed by atoms with E-state index in [0.29, 0.717) is 54.2 Å². The molecule has 4 saturated heterocycles. The summed E-state index contributed by atoms with van der Waals surface area (Å²) in [6.45, 7) is 9.39. The van der Waals surface area contributed by atoms with Gasteiger partial charge in [-0.15, -0.1) is 0 Å². The highest BCUT2D eigenvalue weighted by molar-refractivity contribution is 7.67. The summed E-state index contributed by atoms with van der Waals surface area (Å²) >= 11 is 6.73. The van der Waals surface area contributed by atoms with Gasteiger partial charge in [-0.25, -0.2) is 13.4 Å². The first-order chi connectivity index (χ1) is 25.1. The topological polar surface area (TPSA) is 109 Å². The maximum absolute atomic E-state index is 17.2. The number of piperazine rings is 1. The highest BCUT2D eigenvalue weighted by atomic mass is 35.5.